The lowest BCUT2D eigenvalue weighted by Crippen LogP contribution is -2.24. The zero-order chi connectivity index (χ0) is 12.1. The lowest BCUT2D eigenvalue weighted by Gasteiger charge is -2.11. The van der Waals surface area contributed by atoms with Crippen LogP contribution in [0.3, 0.4) is 0 Å². The molecule has 3 N–H and O–H groups in total. The average Bonchev–Trinajstić information content (AvgIpc) is 2.29. The third kappa shape index (κ3) is 2.97. The molecule has 16 heavy (non-hydrogen) atoms. The number of benzene rings is 1. The van der Waals surface area contributed by atoms with Crippen LogP contribution in [0.1, 0.15) is 23.7 Å². The van der Waals surface area contributed by atoms with Crippen LogP contribution in [0.25, 0.3) is 0 Å². The number of Topliss-reactive ketones (excluding diaryl/α,β-unsaturated/α-hetero) is 1. The third-order valence-corrected chi connectivity index (χ3v) is 2.55. The van der Waals surface area contributed by atoms with Crippen LogP contribution in [0.15, 0.2) is 18.2 Å². The largest absolute Gasteiger partial charge is 0.497 e. The van der Waals surface area contributed by atoms with Crippen LogP contribution >= 0.6 is 0 Å². The fourth-order valence-electron chi connectivity index (χ4n) is 1.39. The zero-order valence-electron chi connectivity index (χ0n) is 9.91. The minimum atomic E-state index is 0.0262. The summed E-state index contributed by atoms with van der Waals surface area (Å²) in [5, 5.41) is 3.02. The molecule has 0 aliphatic rings. The quantitative estimate of drug-likeness (QED) is 0.584. The van der Waals surface area contributed by atoms with E-state index in [0.717, 1.165) is 0 Å². The molecule has 0 aliphatic heterocycles. The van der Waals surface area contributed by atoms with Crippen molar-refractivity contribution in [1.82, 2.24) is 5.32 Å². The maximum atomic E-state index is 11.9. The molecule has 0 fully saturated rings. The summed E-state index contributed by atoms with van der Waals surface area (Å²) in [6.07, 6.45) is 0.424. The molecule has 88 valence electrons. The second-order valence-electron chi connectivity index (χ2n) is 3.77. The average molecular weight is 222 g/mol. The summed E-state index contributed by atoms with van der Waals surface area (Å²) in [4.78, 5) is 11.9. The van der Waals surface area contributed by atoms with Crippen molar-refractivity contribution in [3.63, 3.8) is 0 Å². The molecule has 0 saturated carbocycles. The van der Waals surface area contributed by atoms with Crippen LogP contribution in [0.4, 0.5) is 5.69 Å². The number of hydrogen-bond donors (Lipinski definition) is 2. The lowest BCUT2D eigenvalue weighted by atomic mass is 10.0. The van der Waals surface area contributed by atoms with Gasteiger partial charge in [-0.1, -0.05) is 0 Å². The SMILES string of the molecule is CNC(C)CC(=O)c1cc(OC)ccc1N. The van der Waals surface area contributed by atoms with Gasteiger partial charge in [-0.15, -0.1) is 0 Å². The van der Waals surface area contributed by atoms with E-state index in [1.807, 2.05) is 14.0 Å². The monoisotopic (exact) mass is 222 g/mol. The Morgan fingerprint density at radius 3 is 2.81 bits per heavy atom. The van der Waals surface area contributed by atoms with E-state index < -0.39 is 0 Å². The number of ether oxygens (including phenoxy) is 1. The Bertz CT molecular complexity index is 377. The molecule has 0 aliphatic carbocycles. The van der Waals surface area contributed by atoms with Crippen molar-refractivity contribution in [1.29, 1.82) is 0 Å². The smallest absolute Gasteiger partial charge is 0.166 e. The molecule has 0 saturated heterocycles. The molecule has 0 spiro atoms. The summed E-state index contributed by atoms with van der Waals surface area (Å²) in [7, 11) is 3.39. The number of methoxy groups -OCH3 is 1. The minimum absolute atomic E-state index is 0.0262. The van der Waals surface area contributed by atoms with Crippen molar-refractivity contribution in [3.05, 3.63) is 23.8 Å². The molecule has 0 heterocycles. The summed E-state index contributed by atoms with van der Waals surface area (Å²) >= 11 is 0. The normalized spacial score (nSPS) is 12.2. The first kappa shape index (κ1) is 12.5. The van der Waals surface area contributed by atoms with Crippen LogP contribution in [-0.2, 0) is 0 Å². The van der Waals surface area contributed by atoms with Gasteiger partial charge in [-0.3, -0.25) is 4.79 Å². The number of rotatable bonds is 5. The first-order valence-corrected chi connectivity index (χ1v) is 5.22. The highest BCUT2D eigenvalue weighted by atomic mass is 16.5. The van der Waals surface area contributed by atoms with Gasteiger partial charge in [0.25, 0.3) is 0 Å². The van der Waals surface area contributed by atoms with Crippen LogP contribution in [0.5, 0.6) is 5.75 Å². The second kappa shape index (κ2) is 5.51. The van der Waals surface area contributed by atoms with Crippen LogP contribution in [-0.4, -0.2) is 26.0 Å². The van der Waals surface area contributed by atoms with Crippen molar-refractivity contribution in [2.45, 2.75) is 19.4 Å². The van der Waals surface area contributed by atoms with E-state index in [4.69, 9.17) is 10.5 Å². The maximum absolute atomic E-state index is 11.9. The van der Waals surface area contributed by atoms with E-state index in [1.165, 1.54) is 0 Å². The minimum Gasteiger partial charge on any atom is -0.497 e. The Kier molecular flexibility index (Phi) is 4.31. The number of nitrogens with one attached hydrogen (secondary N) is 1. The highest BCUT2D eigenvalue weighted by Crippen LogP contribution is 2.21. The molecule has 1 rings (SSSR count). The highest BCUT2D eigenvalue weighted by molar-refractivity contribution is 6.01. The van der Waals surface area contributed by atoms with Gasteiger partial charge in [0.2, 0.25) is 0 Å². The van der Waals surface area contributed by atoms with Crippen molar-refractivity contribution < 1.29 is 9.53 Å². The van der Waals surface area contributed by atoms with E-state index in [-0.39, 0.29) is 11.8 Å². The van der Waals surface area contributed by atoms with Gasteiger partial charge in [-0.05, 0) is 32.2 Å². The predicted molar refractivity (Wildman–Crippen MR) is 64.9 cm³/mol. The van der Waals surface area contributed by atoms with E-state index in [2.05, 4.69) is 5.32 Å². The van der Waals surface area contributed by atoms with E-state index >= 15 is 0 Å². The molecular formula is C12H18N2O2. The molecule has 1 atom stereocenters. The Balaban J connectivity index is 2.89. The number of nitrogen functional groups attached to an aromatic ring is 1. The number of carbonyl (C=O) groups excluding carboxylic acids is 1. The fourth-order valence-corrected chi connectivity index (χ4v) is 1.39. The number of ketones is 1. The van der Waals surface area contributed by atoms with E-state index in [9.17, 15) is 4.79 Å². The molecule has 0 radical (unpaired) electrons. The number of nitrogens with two attached hydrogens (primary N) is 1. The van der Waals surface area contributed by atoms with Gasteiger partial charge < -0.3 is 15.8 Å². The highest BCUT2D eigenvalue weighted by Gasteiger charge is 2.13. The Morgan fingerprint density at radius 2 is 2.25 bits per heavy atom. The molecule has 4 heteroatoms. The number of hydrogen-bond acceptors (Lipinski definition) is 4. The van der Waals surface area contributed by atoms with Gasteiger partial charge in [-0.25, -0.2) is 0 Å². The molecule has 0 amide bonds. The molecule has 1 unspecified atom stereocenters. The van der Waals surface area contributed by atoms with E-state index in [0.29, 0.717) is 23.4 Å². The molecule has 0 bridgehead atoms. The first-order chi connectivity index (χ1) is 7.58. The van der Waals surface area contributed by atoms with Gasteiger partial charge in [0.1, 0.15) is 5.75 Å². The lowest BCUT2D eigenvalue weighted by molar-refractivity contribution is 0.0973. The van der Waals surface area contributed by atoms with Crippen molar-refractivity contribution in [3.8, 4) is 5.75 Å². The standard InChI is InChI=1S/C12H18N2O2/c1-8(14-2)6-12(15)10-7-9(16-3)4-5-11(10)13/h4-5,7-8,14H,6,13H2,1-3H3. The molecule has 1 aromatic carbocycles. The first-order valence-electron chi connectivity index (χ1n) is 5.22. The van der Waals surface area contributed by atoms with Crippen LogP contribution in [0, 0.1) is 0 Å². The van der Waals surface area contributed by atoms with Crippen molar-refractivity contribution in [2.24, 2.45) is 0 Å². The van der Waals surface area contributed by atoms with Crippen LogP contribution in [0.2, 0.25) is 0 Å². The summed E-state index contributed by atoms with van der Waals surface area (Å²) in [5.74, 6) is 0.674. The predicted octanol–water partition coefficient (Wildman–Crippen LogP) is 1.46. The number of anilines is 1. The fraction of sp³-hybridized carbons (Fsp3) is 0.417. The summed E-state index contributed by atoms with van der Waals surface area (Å²) in [5.41, 5.74) is 6.79. The Labute approximate surface area is 95.8 Å². The Morgan fingerprint density at radius 1 is 1.56 bits per heavy atom. The van der Waals surface area contributed by atoms with E-state index in [1.54, 1.807) is 25.3 Å². The topological polar surface area (TPSA) is 64.3 Å². The maximum Gasteiger partial charge on any atom is 0.166 e. The van der Waals surface area contributed by atoms with Gasteiger partial charge in [-0.2, -0.15) is 0 Å². The van der Waals surface area contributed by atoms with Gasteiger partial charge in [0.05, 0.1) is 7.11 Å². The van der Waals surface area contributed by atoms with Gasteiger partial charge in [0, 0.05) is 23.7 Å². The van der Waals surface area contributed by atoms with Gasteiger partial charge in [0.15, 0.2) is 5.78 Å². The van der Waals surface area contributed by atoms with Crippen LogP contribution < -0.4 is 15.8 Å². The summed E-state index contributed by atoms with van der Waals surface area (Å²) in [6.45, 7) is 1.95. The third-order valence-electron chi connectivity index (χ3n) is 2.55. The number of carbonyl (C=O) groups is 1. The van der Waals surface area contributed by atoms with Gasteiger partial charge >= 0.3 is 0 Å². The summed E-state index contributed by atoms with van der Waals surface area (Å²) < 4.78 is 5.07. The molecule has 1 aromatic rings. The second-order valence-corrected chi connectivity index (χ2v) is 3.77. The summed E-state index contributed by atoms with van der Waals surface area (Å²) in [6, 6.07) is 5.25. The van der Waals surface area contributed by atoms with Crippen molar-refractivity contribution >= 4 is 11.5 Å². The molecular weight excluding hydrogens is 204 g/mol. The molecule has 0 aromatic heterocycles. The van der Waals surface area contributed by atoms with Crippen molar-refractivity contribution in [2.75, 3.05) is 19.9 Å². The Hall–Kier alpha value is -1.55. The zero-order valence-corrected chi connectivity index (χ0v) is 9.91. The molecule has 4 nitrogen and oxygen atoms in total.